The van der Waals surface area contributed by atoms with Crippen molar-refractivity contribution in [2.45, 2.75) is 25.5 Å². The molecular formula is C10H17NOS. The maximum Gasteiger partial charge on any atom is 0.114 e. The lowest BCUT2D eigenvalue weighted by atomic mass is 10.0. The number of hydrogen-bond acceptors (Lipinski definition) is 3. The molecule has 1 rings (SSSR count). The van der Waals surface area contributed by atoms with E-state index in [0.717, 1.165) is 6.42 Å². The third-order valence-corrected chi connectivity index (χ3v) is 3.24. The summed E-state index contributed by atoms with van der Waals surface area (Å²) in [6.07, 6.45) is 0.600. The molecule has 1 aromatic heterocycles. The van der Waals surface area contributed by atoms with Crippen molar-refractivity contribution in [2.75, 3.05) is 14.1 Å². The summed E-state index contributed by atoms with van der Waals surface area (Å²) >= 11 is 1.71. The molecule has 3 heteroatoms. The van der Waals surface area contributed by atoms with Gasteiger partial charge in [0.15, 0.2) is 0 Å². The van der Waals surface area contributed by atoms with Gasteiger partial charge in [0.2, 0.25) is 0 Å². The maximum atomic E-state index is 9.89. The third-order valence-electron chi connectivity index (χ3n) is 2.24. The Bertz CT molecular complexity index is 233. The van der Waals surface area contributed by atoms with Crippen LogP contribution in [0.4, 0.5) is 0 Å². The van der Waals surface area contributed by atoms with Crippen LogP contribution in [-0.4, -0.2) is 30.3 Å². The predicted molar refractivity (Wildman–Crippen MR) is 57.0 cm³/mol. The van der Waals surface area contributed by atoms with E-state index < -0.39 is 0 Å². The van der Waals surface area contributed by atoms with Crippen LogP contribution in [0.2, 0.25) is 0 Å². The molecular weight excluding hydrogens is 182 g/mol. The average Bonchev–Trinajstić information content (AvgIpc) is 2.58. The van der Waals surface area contributed by atoms with E-state index in [1.54, 1.807) is 11.3 Å². The Morgan fingerprint density at radius 1 is 1.54 bits per heavy atom. The molecule has 0 bridgehead atoms. The van der Waals surface area contributed by atoms with Crippen LogP contribution in [0, 0.1) is 0 Å². The van der Waals surface area contributed by atoms with E-state index in [-0.39, 0.29) is 12.1 Å². The standard InChI is InChI=1S/C10H17NOS/c1-4-8(10(12)11(2)3)9-6-5-7-13-9/h5-8,10,12H,4H2,1-3H3. The summed E-state index contributed by atoms with van der Waals surface area (Å²) in [5, 5.41) is 11.9. The molecule has 2 atom stereocenters. The maximum absolute atomic E-state index is 9.89. The second kappa shape index (κ2) is 4.74. The molecule has 0 saturated heterocycles. The minimum Gasteiger partial charge on any atom is -0.378 e. The number of aliphatic hydroxyl groups excluding tert-OH is 1. The zero-order valence-corrected chi connectivity index (χ0v) is 9.21. The van der Waals surface area contributed by atoms with Gasteiger partial charge in [0, 0.05) is 10.8 Å². The highest BCUT2D eigenvalue weighted by molar-refractivity contribution is 7.10. The Morgan fingerprint density at radius 3 is 2.62 bits per heavy atom. The summed E-state index contributed by atoms with van der Waals surface area (Å²) in [6, 6.07) is 4.12. The lowest BCUT2D eigenvalue weighted by Crippen LogP contribution is -2.33. The fourth-order valence-corrected chi connectivity index (χ4v) is 2.36. The Morgan fingerprint density at radius 2 is 2.23 bits per heavy atom. The van der Waals surface area contributed by atoms with Crippen LogP contribution < -0.4 is 0 Å². The van der Waals surface area contributed by atoms with Gasteiger partial charge in [0.1, 0.15) is 6.23 Å². The molecule has 1 aromatic rings. The smallest absolute Gasteiger partial charge is 0.114 e. The van der Waals surface area contributed by atoms with Gasteiger partial charge < -0.3 is 5.11 Å². The summed E-state index contributed by atoms with van der Waals surface area (Å²) < 4.78 is 0. The van der Waals surface area contributed by atoms with Gasteiger partial charge in [-0.1, -0.05) is 13.0 Å². The fourth-order valence-electron chi connectivity index (χ4n) is 1.42. The molecule has 0 saturated carbocycles. The van der Waals surface area contributed by atoms with Gasteiger partial charge in [-0.15, -0.1) is 11.3 Å². The van der Waals surface area contributed by atoms with Gasteiger partial charge in [0.25, 0.3) is 0 Å². The first-order chi connectivity index (χ1) is 6.16. The van der Waals surface area contributed by atoms with Crippen LogP contribution in [0.1, 0.15) is 24.1 Å². The number of nitrogens with zero attached hydrogens (tertiary/aromatic N) is 1. The minimum absolute atomic E-state index is 0.245. The van der Waals surface area contributed by atoms with Gasteiger partial charge in [-0.3, -0.25) is 4.90 Å². The second-order valence-electron chi connectivity index (χ2n) is 3.41. The second-order valence-corrected chi connectivity index (χ2v) is 4.39. The monoisotopic (exact) mass is 199 g/mol. The summed E-state index contributed by atoms with van der Waals surface area (Å²) in [6.45, 7) is 2.11. The molecule has 0 radical (unpaired) electrons. The molecule has 1 N–H and O–H groups in total. The van der Waals surface area contributed by atoms with E-state index in [4.69, 9.17) is 0 Å². The lowest BCUT2D eigenvalue weighted by Gasteiger charge is -2.26. The third kappa shape index (κ3) is 2.53. The van der Waals surface area contributed by atoms with Crippen LogP contribution in [-0.2, 0) is 0 Å². The number of rotatable bonds is 4. The summed E-state index contributed by atoms with van der Waals surface area (Å²) in [4.78, 5) is 3.12. The number of thiophene rings is 1. The quantitative estimate of drug-likeness (QED) is 0.751. The molecule has 0 aliphatic carbocycles. The normalized spacial score (nSPS) is 16.1. The molecule has 13 heavy (non-hydrogen) atoms. The predicted octanol–water partition coefficient (Wildman–Crippen LogP) is 2.12. The van der Waals surface area contributed by atoms with E-state index in [2.05, 4.69) is 18.4 Å². The van der Waals surface area contributed by atoms with Crippen LogP contribution in [0.5, 0.6) is 0 Å². The Labute approximate surface area is 83.8 Å². The number of hydrogen-bond donors (Lipinski definition) is 1. The summed E-state index contributed by atoms with van der Waals surface area (Å²) in [5.41, 5.74) is 0. The highest BCUT2D eigenvalue weighted by Crippen LogP contribution is 2.27. The van der Waals surface area contributed by atoms with Gasteiger partial charge in [-0.2, -0.15) is 0 Å². The van der Waals surface area contributed by atoms with Crippen molar-refractivity contribution in [3.8, 4) is 0 Å². The van der Waals surface area contributed by atoms with Crippen molar-refractivity contribution in [1.82, 2.24) is 4.90 Å². The largest absolute Gasteiger partial charge is 0.378 e. The Hall–Kier alpha value is -0.380. The highest BCUT2D eigenvalue weighted by atomic mass is 32.1. The zero-order valence-electron chi connectivity index (χ0n) is 8.40. The molecule has 0 aromatic carbocycles. The summed E-state index contributed by atoms with van der Waals surface area (Å²) in [5.74, 6) is 0.245. The molecule has 0 fully saturated rings. The molecule has 74 valence electrons. The van der Waals surface area contributed by atoms with Crippen molar-refractivity contribution in [1.29, 1.82) is 0 Å². The first kappa shape index (κ1) is 10.7. The lowest BCUT2D eigenvalue weighted by molar-refractivity contribution is 0.0162. The van der Waals surface area contributed by atoms with E-state index in [0.29, 0.717) is 0 Å². The van der Waals surface area contributed by atoms with Crippen LogP contribution in [0.25, 0.3) is 0 Å². The van der Waals surface area contributed by atoms with E-state index >= 15 is 0 Å². The van der Waals surface area contributed by atoms with Gasteiger partial charge >= 0.3 is 0 Å². The topological polar surface area (TPSA) is 23.5 Å². The number of likely N-dealkylation sites (N-methyl/N-ethyl adjacent to an activating group) is 1. The van der Waals surface area contributed by atoms with Crippen molar-refractivity contribution >= 4 is 11.3 Å². The first-order valence-corrected chi connectivity index (χ1v) is 5.42. The molecule has 0 amide bonds. The van der Waals surface area contributed by atoms with Gasteiger partial charge in [0.05, 0.1) is 0 Å². The zero-order chi connectivity index (χ0) is 9.84. The summed E-state index contributed by atoms with van der Waals surface area (Å²) in [7, 11) is 3.81. The number of aliphatic hydroxyl groups is 1. The first-order valence-electron chi connectivity index (χ1n) is 4.54. The molecule has 1 heterocycles. The highest BCUT2D eigenvalue weighted by Gasteiger charge is 2.21. The van der Waals surface area contributed by atoms with Gasteiger partial charge in [-0.05, 0) is 32.0 Å². The average molecular weight is 199 g/mol. The SMILES string of the molecule is CCC(c1cccs1)C(O)N(C)C. The van der Waals surface area contributed by atoms with Crippen LogP contribution >= 0.6 is 11.3 Å². The van der Waals surface area contributed by atoms with Crippen LogP contribution in [0.3, 0.4) is 0 Å². The molecule has 0 aliphatic heterocycles. The fraction of sp³-hybridized carbons (Fsp3) is 0.600. The van der Waals surface area contributed by atoms with E-state index in [9.17, 15) is 5.11 Å². The Kier molecular flexibility index (Phi) is 3.90. The minimum atomic E-state index is -0.372. The molecule has 2 nitrogen and oxygen atoms in total. The van der Waals surface area contributed by atoms with Crippen LogP contribution in [0.15, 0.2) is 17.5 Å². The Balaban J connectivity index is 2.74. The van der Waals surface area contributed by atoms with Crippen molar-refractivity contribution in [3.05, 3.63) is 22.4 Å². The molecule has 0 aliphatic rings. The van der Waals surface area contributed by atoms with Crippen molar-refractivity contribution in [3.63, 3.8) is 0 Å². The van der Waals surface area contributed by atoms with E-state index in [1.165, 1.54) is 4.88 Å². The van der Waals surface area contributed by atoms with E-state index in [1.807, 2.05) is 25.1 Å². The molecule has 2 unspecified atom stereocenters. The molecule has 0 spiro atoms. The van der Waals surface area contributed by atoms with Crippen molar-refractivity contribution in [2.24, 2.45) is 0 Å². The van der Waals surface area contributed by atoms with Crippen molar-refractivity contribution < 1.29 is 5.11 Å². The van der Waals surface area contributed by atoms with Gasteiger partial charge in [-0.25, -0.2) is 0 Å².